The van der Waals surface area contributed by atoms with Gasteiger partial charge in [-0.1, -0.05) is 6.07 Å². The second-order valence-corrected chi connectivity index (χ2v) is 4.00. The molecule has 90 valence electrons. The third-order valence-electron chi connectivity index (χ3n) is 2.86. The van der Waals surface area contributed by atoms with E-state index in [-0.39, 0.29) is 5.56 Å². The number of aryl methyl sites for hydroxylation is 2. The maximum absolute atomic E-state index is 13.9. The van der Waals surface area contributed by atoms with E-state index in [1.165, 1.54) is 18.4 Å². The van der Waals surface area contributed by atoms with Crippen LogP contribution in [0, 0.1) is 25.5 Å². The molecule has 0 bridgehead atoms. The highest BCUT2D eigenvalue weighted by Gasteiger charge is 2.22. The van der Waals surface area contributed by atoms with Crippen molar-refractivity contribution in [3.05, 3.63) is 58.5 Å². The van der Waals surface area contributed by atoms with Gasteiger partial charge in [-0.2, -0.15) is 0 Å². The predicted octanol–water partition coefficient (Wildman–Crippen LogP) is 3.22. The molecule has 0 radical (unpaired) electrons. The summed E-state index contributed by atoms with van der Waals surface area (Å²) in [4.78, 5) is 0. The quantitative estimate of drug-likeness (QED) is 0.871. The minimum absolute atomic E-state index is 0.116. The summed E-state index contributed by atoms with van der Waals surface area (Å²) in [5.74, 6) is -0.669. The molecule has 0 saturated heterocycles. The van der Waals surface area contributed by atoms with Crippen molar-refractivity contribution in [2.45, 2.75) is 19.9 Å². The van der Waals surface area contributed by atoms with Crippen molar-refractivity contribution in [2.75, 3.05) is 0 Å². The van der Waals surface area contributed by atoms with E-state index in [1.54, 1.807) is 19.9 Å². The van der Waals surface area contributed by atoms with Gasteiger partial charge < -0.3 is 10.2 Å². The number of benzene rings is 1. The van der Waals surface area contributed by atoms with Crippen LogP contribution in [-0.2, 0) is 0 Å². The fourth-order valence-corrected chi connectivity index (χ4v) is 1.84. The van der Waals surface area contributed by atoms with Gasteiger partial charge in [-0.25, -0.2) is 8.78 Å². The summed E-state index contributed by atoms with van der Waals surface area (Å²) >= 11 is 0. The molecule has 2 rings (SSSR count). The molecular formula is C13H13F2NO. The van der Waals surface area contributed by atoms with Crippen LogP contribution >= 0.6 is 0 Å². The van der Waals surface area contributed by atoms with Crippen molar-refractivity contribution in [1.82, 2.24) is 0 Å². The van der Waals surface area contributed by atoms with E-state index in [9.17, 15) is 8.78 Å². The zero-order chi connectivity index (χ0) is 12.6. The van der Waals surface area contributed by atoms with Crippen LogP contribution in [0.25, 0.3) is 0 Å². The van der Waals surface area contributed by atoms with E-state index in [4.69, 9.17) is 10.2 Å². The molecule has 1 aromatic carbocycles. The predicted molar refractivity (Wildman–Crippen MR) is 60.6 cm³/mol. The normalized spacial score (nSPS) is 12.8. The van der Waals surface area contributed by atoms with Crippen LogP contribution in [-0.4, -0.2) is 0 Å². The standard InChI is InChI=1S/C13H13F2NO/c1-7-3-4-10(14)11(12(7)15)13(16)9-5-6-17-8(9)2/h3-6,13H,16H2,1-2H3. The minimum Gasteiger partial charge on any atom is -0.469 e. The Kier molecular flexibility index (Phi) is 2.98. The first-order valence-electron chi connectivity index (χ1n) is 5.26. The third-order valence-corrected chi connectivity index (χ3v) is 2.86. The lowest BCUT2D eigenvalue weighted by Gasteiger charge is -2.14. The average Bonchev–Trinajstić information content (AvgIpc) is 2.70. The van der Waals surface area contributed by atoms with Gasteiger partial charge in [0.25, 0.3) is 0 Å². The van der Waals surface area contributed by atoms with Crippen LogP contribution < -0.4 is 5.73 Å². The molecule has 0 amide bonds. The Morgan fingerprint density at radius 2 is 1.88 bits per heavy atom. The molecule has 1 aromatic heterocycles. The van der Waals surface area contributed by atoms with Gasteiger partial charge >= 0.3 is 0 Å². The Bertz CT molecular complexity index is 548. The van der Waals surface area contributed by atoms with E-state index in [0.717, 1.165) is 0 Å². The highest BCUT2D eigenvalue weighted by Crippen LogP contribution is 2.28. The first-order valence-corrected chi connectivity index (χ1v) is 5.26. The van der Waals surface area contributed by atoms with Crippen LogP contribution in [0.15, 0.2) is 28.9 Å². The molecule has 17 heavy (non-hydrogen) atoms. The van der Waals surface area contributed by atoms with Crippen LogP contribution in [0.2, 0.25) is 0 Å². The molecular weight excluding hydrogens is 224 g/mol. The molecule has 0 aliphatic rings. The van der Waals surface area contributed by atoms with Gasteiger partial charge in [-0.05, 0) is 31.5 Å². The first-order chi connectivity index (χ1) is 8.02. The van der Waals surface area contributed by atoms with Crippen LogP contribution in [0.3, 0.4) is 0 Å². The van der Waals surface area contributed by atoms with E-state index in [2.05, 4.69) is 0 Å². The Balaban J connectivity index is 2.55. The second kappa shape index (κ2) is 4.30. The lowest BCUT2D eigenvalue weighted by Crippen LogP contribution is -2.16. The fourth-order valence-electron chi connectivity index (χ4n) is 1.84. The summed E-state index contributed by atoms with van der Waals surface area (Å²) in [5, 5.41) is 0. The van der Waals surface area contributed by atoms with E-state index in [0.29, 0.717) is 16.9 Å². The zero-order valence-electron chi connectivity index (χ0n) is 9.63. The molecule has 2 aromatic rings. The minimum atomic E-state index is -0.853. The highest BCUT2D eigenvalue weighted by atomic mass is 19.1. The van der Waals surface area contributed by atoms with E-state index < -0.39 is 17.7 Å². The molecule has 0 spiro atoms. The van der Waals surface area contributed by atoms with Crippen LogP contribution in [0.4, 0.5) is 8.78 Å². The van der Waals surface area contributed by atoms with Crippen LogP contribution in [0.1, 0.15) is 28.5 Å². The van der Waals surface area contributed by atoms with E-state index in [1.807, 2.05) is 0 Å². The topological polar surface area (TPSA) is 39.2 Å². The summed E-state index contributed by atoms with van der Waals surface area (Å²) in [6.45, 7) is 3.29. The molecule has 1 unspecified atom stereocenters. The van der Waals surface area contributed by atoms with Gasteiger partial charge in [0.2, 0.25) is 0 Å². The van der Waals surface area contributed by atoms with Crippen LogP contribution in [0.5, 0.6) is 0 Å². The molecule has 2 N–H and O–H groups in total. The monoisotopic (exact) mass is 237 g/mol. The molecule has 0 aliphatic carbocycles. The van der Waals surface area contributed by atoms with Crippen molar-refractivity contribution in [2.24, 2.45) is 5.73 Å². The lowest BCUT2D eigenvalue weighted by molar-refractivity contribution is 0.517. The first kappa shape index (κ1) is 11.8. The number of nitrogens with two attached hydrogens (primary N) is 1. The average molecular weight is 237 g/mol. The van der Waals surface area contributed by atoms with Gasteiger partial charge in [0, 0.05) is 11.1 Å². The number of furan rings is 1. The number of hydrogen-bond acceptors (Lipinski definition) is 2. The van der Waals surface area contributed by atoms with Crippen molar-refractivity contribution < 1.29 is 13.2 Å². The molecule has 2 nitrogen and oxygen atoms in total. The zero-order valence-corrected chi connectivity index (χ0v) is 9.63. The summed E-state index contributed by atoms with van der Waals surface area (Å²) in [6, 6.07) is 3.39. The molecule has 4 heteroatoms. The lowest BCUT2D eigenvalue weighted by atomic mass is 9.97. The number of hydrogen-bond donors (Lipinski definition) is 1. The van der Waals surface area contributed by atoms with Crippen molar-refractivity contribution >= 4 is 0 Å². The highest BCUT2D eigenvalue weighted by molar-refractivity contribution is 5.36. The van der Waals surface area contributed by atoms with Gasteiger partial charge in [0.05, 0.1) is 12.3 Å². The second-order valence-electron chi connectivity index (χ2n) is 4.00. The smallest absolute Gasteiger partial charge is 0.134 e. The summed E-state index contributed by atoms with van der Waals surface area (Å²) in [6.07, 6.45) is 1.45. The molecule has 0 saturated carbocycles. The Hall–Kier alpha value is -1.68. The van der Waals surface area contributed by atoms with Crippen molar-refractivity contribution in [3.8, 4) is 0 Å². The largest absolute Gasteiger partial charge is 0.469 e. The van der Waals surface area contributed by atoms with Gasteiger partial charge in [-0.3, -0.25) is 0 Å². The molecule has 1 atom stereocenters. The Morgan fingerprint density at radius 3 is 2.47 bits per heavy atom. The molecule has 0 fully saturated rings. The maximum atomic E-state index is 13.9. The summed E-state index contributed by atoms with van der Waals surface area (Å²) in [5.41, 5.74) is 6.74. The Labute approximate surface area is 98.0 Å². The number of halogens is 2. The van der Waals surface area contributed by atoms with Crippen molar-refractivity contribution in [3.63, 3.8) is 0 Å². The van der Waals surface area contributed by atoms with E-state index >= 15 is 0 Å². The van der Waals surface area contributed by atoms with Gasteiger partial charge in [0.1, 0.15) is 17.4 Å². The summed E-state index contributed by atoms with van der Waals surface area (Å²) < 4.78 is 32.6. The molecule has 0 aliphatic heterocycles. The van der Waals surface area contributed by atoms with Gasteiger partial charge in [0.15, 0.2) is 0 Å². The third kappa shape index (κ3) is 1.96. The molecule has 1 heterocycles. The maximum Gasteiger partial charge on any atom is 0.134 e. The summed E-state index contributed by atoms with van der Waals surface area (Å²) in [7, 11) is 0. The van der Waals surface area contributed by atoms with Gasteiger partial charge in [-0.15, -0.1) is 0 Å². The Morgan fingerprint density at radius 1 is 1.18 bits per heavy atom. The number of rotatable bonds is 2. The van der Waals surface area contributed by atoms with Crippen molar-refractivity contribution in [1.29, 1.82) is 0 Å². The SMILES string of the molecule is Cc1ccc(F)c(C(N)c2ccoc2C)c1F. The fraction of sp³-hybridized carbons (Fsp3) is 0.231.